The number of aliphatic hydroxyl groups excluding tert-OH is 1. The molecule has 6 nitrogen and oxygen atoms in total. The molecule has 2 rings (SSSR count). The van der Waals surface area contributed by atoms with Gasteiger partial charge in [-0.15, -0.1) is 11.8 Å². The summed E-state index contributed by atoms with van der Waals surface area (Å²) in [6.45, 7) is 3.82. The van der Waals surface area contributed by atoms with E-state index in [4.69, 9.17) is 15.6 Å². The number of amides is 1. The molecule has 150 valence electrons. The Hall–Kier alpha value is -1.57. The first-order valence-electron chi connectivity index (χ1n) is 9.66. The molecule has 0 aromatic carbocycles. The van der Waals surface area contributed by atoms with Gasteiger partial charge < -0.3 is 15.6 Å². The van der Waals surface area contributed by atoms with E-state index in [9.17, 15) is 4.79 Å². The summed E-state index contributed by atoms with van der Waals surface area (Å²) in [5.41, 5.74) is 6.64. The van der Waals surface area contributed by atoms with Gasteiger partial charge in [-0.05, 0) is 56.2 Å². The van der Waals surface area contributed by atoms with Gasteiger partial charge in [0.1, 0.15) is 6.61 Å². The van der Waals surface area contributed by atoms with Gasteiger partial charge in [-0.1, -0.05) is 18.6 Å². The van der Waals surface area contributed by atoms with Gasteiger partial charge in [0, 0.05) is 25.4 Å². The lowest BCUT2D eigenvalue weighted by atomic mass is 10.1. The second kappa shape index (κ2) is 12.8. The predicted molar refractivity (Wildman–Crippen MR) is 110 cm³/mol. The number of aromatic nitrogens is 1. The molecule has 1 atom stereocenters. The standard InChI is InChI=1S/C20H31N3O3S/c21-20(25)18(27-14-6-12-24)7-2-5-13-26-19-15-17(8-9-22-19)16-23-10-3-1-4-11-23/h2,5,8-9,15,18,24H,1,3-4,6-7,10-14,16H2,(H2,21,25). The molecule has 1 aromatic rings. The number of thioether (sulfide) groups is 1. The minimum atomic E-state index is -0.324. The highest BCUT2D eigenvalue weighted by Gasteiger charge is 2.13. The molecule has 1 unspecified atom stereocenters. The van der Waals surface area contributed by atoms with Crippen LogP contribution in [0.15, 0.2) is 30.5 Å². The van der Waals surface area contributed by atoms with Crippen molar-refractivity contribution >= 4 is 17.7 Å². The molecule has 0 radical (unpaired) electrons. The Labute approximate surface area is 166 Å². The average Bonchev–Trinajstić information content (AvgIpc) is 2.67. The van der Waals surface area contributed by atoms with Crippen LogP contribution in [0.3, 0.4) is 0 Å². The number of nitrogens with zero attached hydrogens (tertiary/aromatic N) is 2. The van der Waals surface area contributed by atoms with Crippen LogP contribution in [0.5, 0.6) is 5.88 Å². The Morgan fingerprint density at radius 3 is 2.93 bits per heavy atom. The zero-order valence-corrected chi connectivity index (χ0v) is 16.7. The van der Waals surface area contributed by atoms with Gasteiger partial charge in [0.2, 0.25) is 11.8 Å². The summed E-state index contributed by atoms with van der Waals surface area (Å²) in [6.07, 6.45) is 10.7. The van der Waals surface area contributed by atoms with Crippen LogP contribution in [0.25, 0.3) is 0 Å². The highest BCUT2D eigenvalue weighted by molar-refractivity contribution is 8.00. The lowest BCUT2D eigenvalue weighted by Gasteiger charge is -2.26. The highest BCUT2D eigenvalue weighted by atomic mass is 32.2. The van der Waals surface area contributed by atoms with E-state index >= 15 is 0 Å². The maximum absolute atomic E-state index is 11.4. The number of ether oxygens (including phenoxy) is 1. The zero-order valence-electron chi connectivity index (χ0n) is 15.9. The van der Waals surface area contributed by atoms with Crippen molar-refractivity contribution in [1.29, 1.82) is 0 Å². The van der Waals surface area contributed by atoms with Crippen LogP contribution in [0, 0.1) is 0 Å². The lowest BCUT2D eigenvalue weighted by molar-refractivity contribution is -0.117. The van der Waals surface area contributed by atoms with Crippen molar-refractivity contribution in [1.82, 2.24) is 9.88 Å². The molecule has 0 aliphatic carbocycles. The average molecular weight is 394 g/mol. The van der Waals surface area contributed by atoms with E-state index in [2.05, 4.69) is 9.88 Å². The van der Waals surface area contributed by atoms with Gasteiger partial charge in [-0.3, -0.25) is 9.69 Å². The molecule has 0 bridgehead atoms. The monoisotopic (exact) mass is 393 g/mol. The summed E-state index contributed by atoms with van der Waals surface area (Å²) in [5.74, 6) is 1.02. The Bertz CT molecular complexity index is 592. The maximum Gasteiger partial charge on any atom is 0.230 e. The number of carbonyl (C=O) groups is 1. The van der Waals surface area contributed by atoms with Crippen molar-refractivity contribution in [3.05, 3.63) is 36.0 Å². The lowest BCUT2D eigenvalue weighted by Crippen LogP contribution is -2.29. The second-order valence-electron chi connectivity index (χ2n) is 6.70. The van der Waals surface area contributed by atoms with Gasteiger partial charge in [0.25, 0.3) is 0 Å². The molecular formula is C20H31N3O3S. The summed E-state index contributed by atoms with van der Waals surface area (Å²) >= 11 is 1.48. The molecule has 1 aliphatic heterocycles. The van der Waals surface area contributed by atoms with Crippen LogP contribution < -0.4 is 10.5 Å². The summed E-state index contributed by atoms with van der Waals surface area (Å²) < 4.78 is 5.70. The fourth-order valence-electron chi connectivity index (χ4n) is 2.98. The molecule has 1 aromatic heterocycles. The minimum absolute atomic E-state index is 0.131. The van der Waals surface area contributed by atoms with Crippen LogP contribution in [0.1, 0.15) is 37.7 Å². The first-order valence-corrected chi connectivity index (χ1v) is 10.7. The van der Waals surface area contributed by atoms with Gasteiger partial charge in [0.15, 0.2) is 0 Å². The van der Waals surface area contributed by atoms with Crippen LogP contribution in [0.2, 0.25) is 0 Å². The van der Waals surface area contributed by atoms with Crippen molar-refractivity contribution in [3.63, 3.8) is 0 Å². The van der Waals surface area contributed by atoms with Gasteiger partial charge in [0.05, 0.1) is 5.25 Å². The van der Waals surface area contributed by atoms with Gasteiger partial charge in [-0.25, -0.2) is 4.98 Å². The van der Waals surface area contributed by atoms with E-state index in [1.165, 1.54) is 49.7 Å². The molecule has 0 saturated carbocycles. The smallest absolute Gasteiger partial charge is 0.230 e. The molecule has 1 aliphatic rings. The molecule has 7 heteroatoms. The maximum atomic E-state index is 11.4. The third-order valence-corrected chi connectivity index (χ3v) is 5.79. The fraction of sp³-hybridized carbons (Fsp3) is 0.600. The minimum Gasteiger partial charge on any atom is -0.473 e. The number of primary amides is 1. The van der Waals surface area contributed by atoms with E-state index in [1.807, 2.05) is 24.3 Å². The third-order valence-electron chi connectivity index (χ3n) is 4.44. The Morgan fingerprint density at radius 1 is 1.37 bits per heavy atom. The number of hydrogen-bond donors (Lipinski definition) is 2. The number of likely N-dealkylation sites (tertiary alicyclic amines) is 1. The number of hydrogen-bond acceptors (Lipinski definition) is 6. The first-order chi connectivity index (χ1) is 13.2. The Balaban J connectivity index is 1.72. The summed E-state index contributed by atoms with van der Waals surface area (Å²) in [7, 11) is 0. The van der Waals surface area contributed by atoms with Gasteiger partial charge in [-0.2, -0.15) is 0 Å². The van der Waals surface area contributed by atoms with Crippen LogP contribution in [0.4, 0.5) is 0 Å². The molecule has 2 heterocycles. The number of rotatable bonds is 12. The predicted octanol–water partition coefficient (Wildman–Crippen LogP) is 2.36. The van der Waals surface area contributed by atoms with Crippen molar-refractivity contribution in [2.75, 3.05) is 32.1 Å². The van der Waals surface area contributed by atoms with Crippen LogP contribution >= 0.6 is 11.8 Å². The molecule has 3 N–H and O–H groups in total. The number of pyridine rings is 1. The van der Waals surface area contributed by atoms with E-state index in [0.717, 1.165) is 12.3 Å². The SMILES string of the molecule is NC(=O)C(CC=CCOc1cc(CN2CCCCC2)ccn1)SCCCO. The van der Waals surface area contributed by atoms with Gasteiger partial charge >= 0.3 is 0 Å². The number of aliphatic hydroxyl groups is 1. The van der Waals surface area contributed by atoms with E-state index < -0.39 is 0 Å². The summed E-state index contributed by atoms with van der Waals surface area (Å²) in [4.78, 5) is 18.2. The van der Waals surface area contributed by atoms with Crippen molar-refractivity contribution in [2.24, 2.45) is 5.73 Å². The summed E-state index contributed by atoms with van der Waals surface area (Å²) in [5, 5.41) is 8.55. The summed E-state index contributed by atoms with van der Waals surface area (Å²) in [6, 6.07) is 4.04. The number of carbonyl (C=O) groups excluding carboxylic acids is 1. The molecule has 0 spiro atoms. The highest BCUT2D eigenvalue weighted by Crippen LogP contribution is 2.17. The number of piperidine rings is 1. The van der Waals surface area contributed by atoms with E-state index in [-0.39, 0.29) is 17.8 Å². The first kappa shape index (κ1) is 21.7. The topological polar surface area (TPSA) is 88.7 Å². The molecule has 27 heavy (non-hydrogen) atoms. The van der Waals surface area contributed by atoms with Crippen molar-refractivity contribution in [3.8, 4) is 5.88 Å². The largest absolute Gasteiger partial charge is 0.473 e. The van der Waals surface area contributed by atoms with Crippen LogP contribution in [-0.2, 0) is 11.3 Å². The quantitative estimate of drug-likeness (QED) is 0.419. The molecule has 1 fully saturated rings. The Morgan fingerprint density at radius 2 is 2.19 bits per heavy atom. The number of allylic oxidation sites excluding steroid dienone is 1. The van der Waals surface area contributed by atoms with Crippen LogP contribution in [-0.4, -0.2) is 58.2 Å². The molecule has 1 saturated heterocycles. The number of nitrogens with two attached hydrogens (primary N) is 1. The van der Waals surface area contributed by atoms with Crippen molar-refractivity contribution in [2.45, 2.75) is 43.9 Å². The second-order valence-corrected chi connectivity index (χ2v) is 8.01. The molecule has 1 amide bonds. The van der Waals surface area contributed by atoms with E-state index in [1.54, 1.807) is 6.20 Å². The normalized spacial score (nSPS) is 16.5. The molecular weight excluding hydrogens is 362 g/mol. The fourth-order valence-corrected chi connectivity index (χ4v) is 3.97. The van der Waals surface area contributed by atoms with Crippen molar-refractivity contribution < 1.29 is 14.6 Å². The Kier molecular flexibility index (Phi) is 10.3. The van der Waals surface area contributed by atoms with E-state index in [0.29, 0.717) is 25.3 Å². The third kappa shape index (κ3) is 8.77. The zero-order chi connectivity index (χ0) is 19.3.